The Labute approximate surface area is 168 Å². The van der Waals surface area contributed by atoms with Gasteiger partial charge in [-0.25, -0.2) is 0 Å². The van der Waals surface area contributed by atoms with Crippen LogP contribution in [0.15, 0.2) is 53.6 Å². The molecule has 0 atom stereocenters. The van der Waals surface area contributed by atoms with Crippen LogP contribution in [-0.4, -0.2) is 21.1 Å². The lowest BCUT2D eigenvalue weighted by atomic mass is 10.2. The van der Waals surface area contributed by atoms with Crippen LogP contribution >= 0.6 is 23.8 Å². The number of aromatic nitrogens is 3. The van der Waals surface area contributed by atoms with Crippen molar-refractivity contribution in [2.24, 2.45) is 5.10 Å². The zero-order chi connectivity index (χ0) is 19.1. The van der Waals surface area contributed by atoms with Gasteiger partial charge in [0.1, 0.15) is 12.4 Å². The van der Waals surface area contributed by atoms with Crippen molar-refractivity contribution in [1.82, 2.24) is 14.9 Å². The third-order valence-corrected chi connectivity index (χ3v) is 4.53. The van der Waals surface area contributed by atoms with Crippen LogP contribution in [0.2, 0.25) is 5.02 Å². The van der Waals surface area contributed by atoms with E-state index in [1.165, 1.54) is 0 Å². The number of aryl methyl sites for hydroxylation is 1. The van der Waals surface area contributed by atoms with Crippen molar-refractivity contribution >= 4 is 30.0 Å². The number of unbranched alkanes of at least 4 members (excludes halogenated alkanes) is 1. The fourth-order valence-electron chi connectivity index (χ4n) is 2.52. The van der Waals surface area contributed by atoms with Gasteiger partial charge in [0.05, 0.1) is 6.21 Å². The van der Waals surface area contributed by atoms with E-state index in [0.717, 1.165) is 42.0 Å². The van der Waals surface area contributed by atoms with Gasteiger partial charge in [-0.05, 0) is 48.5 Å². The van der Waals surface area contributed by atoms with Crippen LogP contribution in [0.4, 0.5) is 0 Å². The second-order valence-corrected chi connectivity index (χ2v) is 6.88. The number of nitrogens with one attached hydrogen (secondary N) is 1. The quantitative estimate of drug-likeness (QED) is 0.407. The molecule has 7 heteroatoms. The van der Waals surface area contributed by atoms with Gasteiger partial charge in [-0.3, -0.25) is 5.10 Å². The number of H-pyrrole nitrogens is 1. The van der Waals surface area contributed by atoms with Crippen molar-refractivity contribution < 1.29 is 4.74 Å². The number of rotatable bonds is 8. The molecular formula is C20H21ClN4OS. The van der Waals surface area contributed by atoms with Crippen LogP contribution in [0.1, 0.15) is 36.7 Å². The van der Waals surface area contributed by atoms with Gasteiger partial charge in [-0.15, -0.1) is 0 Å². The molecule has 0 aliphatic rings. The average Bonchev–Trinajstić information content (AvgIpc) is 3.04. The lowest BCUT2D eigenvalue weighted by Gasteiger charge is -2.09. The zero-order valence-corrected chi connectivity index (χ0v) is 16.6. The summed E-state index contributed by atoms with van der Waals surface area (Å²) >= 11 is 11.2. The molecule has 1 aromatic heterocycles. The van der Waals surface area contributed by atoms with Gasteiger partial charge in [0.15, 0.2) is 5.82 Å². The maximum Gasteiger partial charge on any atom is 0.216 e. The predicted octanol–water partition coefficient (Wildman–Crippen LogP) is 5.40. The minimum atomic E-state index is 0.453. The van der Waals surface area contributed by atoms with Gasteiger partial charge in [-0.1, -0.05) is 49.2 Å². The van der Waals surface area contributed by atoms with Crippen molar-refractivity contribution in [2.45, 2.75) is 32.8 Å². The van der Waals surface area contributed by atoms with Crippen molar-refractivity contribution in [3.8, 4) is 5.75 Å². The smallest absolute Gasteiger partial charge is 0.216 e. The van der Waals surface area contributed by atoms with Crippen molar-refractivity contribution in [3.63, 3.8) is 0 Å². The minimum Gasteiger partial charge on any atom is -0.488 e. The molecule has 0 unspecified atom stereocenters. The zero-order valence-electron chi connectivity index (χ0n) is 15.1. The molecular weight excluding hydrogens is 380 g/mol. The van der Waals surface area contributed by atoms with E-state index in [0.29, 0.717) is 16.4 Å². The van der Waals surface area contributed by atoms with E-state index in [1.54, 1.807) is 10.9 Å². The molecule has 1 heterocycles. The molecule has 0 fully saturated rings. The van der Waals surface area contributed by atoms with E-state index < -0.39 is 0 Å². The van der Waals surface area contributed by atoms with E-state index >= 15 is 0 Å². The largest absolute Gasteiger partial charge is 0.488 e. The molecule has 27 heavy (non-hydrogen) atoms. The molecule has 3 aromatic rings. The number of ether oxygens (including phenoxy) is 1. The summed E-state index contributed by atoms with van der Waals surface area (Å²) in [4.78, 5) is 0. The molecule has 0 saturated heterocycles. The van der Waals surface area contributed by atoms with Gasteiger partial charge in [0, 0.05) is 17.0 Å². The summed E-state index contributed by atoms with van der Waals surface area (Å²) in [5.74, 6) is 1.58. The molecule has 0 amide bonds. The second-order valence-electron chi connectivity index (χ2n) is 6.06. The van der Waals surface area contributed by atoms with Crippen LogP contribution < -0.4 is 4.74 Å². The lowest BCUT2D eigenvalue weighted by Crippen LogP contribution is -2.01. The van der Waals surface area contributed by atoms with Crippen molar-refractivity contribution in [3.05, 3.63) is 75.3 Å². The highest BCUT2D eigenvalue weighted by atomic mass is 35.5. The minimum absolute atomic E-state index is 0.453. The number of halogens is 1. The maximum atomic E-state index is 5.97. The van der Waals surface area contributed by atoms with E-state index in [9.17, 15) is 0 Å². The van der Waals surface area contributed by atoms with Crippen LogP contribution in [-0.2, 0) is 13.0 Å². The summed E-state index contributed by atoms with van der Waals surface area (Å²) in [5.41, 5.74) is 1.92. The Kier molecular flexibility index (Phi) is 6.79. The van der Waals surface area contributed by atoms with E-state index in [4.69, 9.17) is 28.6 Å². The standard InChI is InChI=1S/C20H21ClN4OS/c1-2-3-8-19-23-24-20(27)25(19)22-13-16-6-4-5-7-18(16)26-14-15-9-11-17(21)12-10-15/h4-7,9-13H,2-3,8,14H2,1H3,(H,24,27)/b22-13-. The summed E-state index contributed by atoms with van der Waals surface area (Å²) < 4.78 is 8.12. The van der Waals surface area contributed by atoms with Crippen LogP contribution in [0.25, 0.3) is 0 Å². The van der Waals surface area contributed by atoms with E-state index in [1.807, 2.05) is 48.5 Å². The second kappa shape index (κ2) is 9.48. The molecule has 2 aromatic carbocycles. The fraction of sp³-hybridized carbons (Fsp3) is 0.250. The summed E-state index contributed by atoms with van der Waals surface area (Å²) in [7, 11) is 0. The first-order chi connectivity index (χ1) is 13.2. The molecule has 0 aliphatic heterocycles. The topological polar surface area (TPSA) is 55.2 Å². The number of hydrogen-bond donors (Lipinski definition) is 1. The third kappa shape index (κ3) is 5.28. The molecule has 0 aliphatic carbocycles. The highest BCUT2D eigenvalue weighted by Gasteiger charge is 2.06. The average molecular weight is 401 g/mol. The molecule has 0 radical (unpaired) electrons. The first-order valence-corrected chi connectivity index (χ1v) is 9.63. The summed E-state index contributed by atoms with van der Waals surface area (Å²) in [5, 5.41) is 12.3. The number of para-hydroxylation sites is 1. The summed E-state index contributed by atoms with van der Waals surface area (Å²) in [6.07, 6.45) is 4.70. The fourth-order valence-corrected chi connectivity index (χ4v) is 2.84. The number of nitrogens with zero attached hydrogens (tertiary/aromatic N) is 3. The van der Waals surface area contributed by atoms with Gasteiger partial charge in [0.25, 0.3) is 0 Å². The number of aromatic amines is 1. The molecule has 1 N–H and O–H groups in total. The van der Waals surface area contributed by atoms with Gasteiger partial charge < -0.3 is 4.74 Å². The Morgan fingerprint density at radius 3 is 2.78 bits per heavy atom. The van der Waals surface area contributed by atoms with Crippen molar-refractivity contribution in [2.75, 3.05) is 0 Å². The highest BCUT2D eigenvalue weighted by molar-refractivity contribution is 7.71. The first-order valence-electron chi connectivity index (χ1n) is 8.84. The Balaban J connectivity index is 1.76. The van der Waals surface area contributed by atoms with E-state index in [2.05, 4.69) is 22.2 Å². The normalized spacial score (nSPS) is 11.2. The van der Waals surface area contributed by atoms with Crippen molar-refractivity contribution in [1.29, 1.82) is 0 Å². The molecule has 0 spiro atoms. The molecule has 3 rings (SSSR count). The van der Waals surface area contributed by atoms with Crippen LogP contribution in [0.3, 0.4) is 0 Å². The monoisotopic (exact) mass is 400 g/mol. The number of benzene rings is 2. The summed E-state index contributed by atoms with van der Waals surface area (Å²) in [6.45, 7) is 2.60. The van der Waals surface area contributed by atoms with Crippen LogP contribution in [0.5, 0.6) is 5.75 Å². The predicted molar refractivity (Wildman–Crippen MR) is 111 cm³/mol. The molecule has 0 bridgehead atoms. The van der Waals surface area contributed by atoms with Gasteiger partial charge >= 0.3 is 0 Å². The molecule has 5 nitrogen and oxygen atoms in total. The van der Waals surface area contributed by atoms with Gasteiger partial charge in [-0.2, -0.15) is 14.9 Å². The Bertz CT molecular complexity index is 963. The SMILES string of the molecule is CCCCc1n[nH]c(=S)n1/N=C\c1ccccc1OCc1ccc(Cl)cc1. The maximum absolute atomic E-state index is 5.97. The van der Waals surface area contributed by atoms with E-state index in [-0.39, 0.29) is 0 Å². The highest BCUT2D eigenvalue weighted by Crippen LogP contribution is 2.19. The lowest BCUT2D eigenvalue weighted by molar-refractivity contribution is 0.306. The Hall–Kier alpha value is -2.44. The number of hydrogen-bond acceptors (Lipinski definition) is 4. The van der Waals surface area contributed by atoms with Crippen LogP contribution in [0, 0.1) is 4.77 Å². The molecule has 0 saturated carbocycles. The Morgan fingerprint density at radius 1 is 1.22 bits per heavy atom. The molecule has 140 valence electrons. The van der Waals surface area contributed by atoms with Gasteiger partial charge in [0.2, 0.25) is 4.77 Å². The Morgan fingerprint density at radius 2 is 2.00 bits per heavy atom. The first kappa shape index (κ1) is 19.3. The third-order valence-electron chi connectivity index (χ3n) is 4.01. The summed E-state index contributed by atoms with van der Waals surface area (Å²) in [6, 6.07) is 15.4.